The van der Waals surface area contributed by atoms with Crippen LogP contribution in [0.5, 0.6) is 11.5 Å². The monoisotopic (exact) mass is 308 g/mol. The molecule has 22 heavy (non-hydrogen) atoms. The number of methoxy groups -OCH3 is 1. The Bertz CT molecular complexity index is 446. The molecule has 1 aliphatic heterocycles. The molecule has 124 valence electrons. The van der Waals surface area contributed by atoms with E-state index in [9.17, 15) is 0 Å². The first-order valence-corrected chi connectivity index (χ1v) is 8.12. The highest BCUT2D eigenvalue weighted by Crippen LogP contribution is 2.28. The molecule has 1 fully saturated rings. The van der Waals surface area contributed by atoms with Crippen molar-refractivity contribution in [1.82, 2.24) is 9.80 Å². The molecule has 0 atom stereocenters. The van der Waals surface area contributed by atoms with Crippen LogP contribution in [0.1, 0.15) is 18.9 Å². The van der Waals surface area contributed by atoms with Crippen molar-refractivity contribution in [1.29, 1.82) is 0 Å². The summed E-state index contributed by atoms with van der Waals surface area (Å²) in [4.78, 5) is 4.75. The van der Waals surface area contributed by atoms with E-state index in [1.165, 1.54) is 5.56 Å². The highest BCUT2D eigenvalue weighted by molar-refractivity contribution is 5.43. The van der Waals surface area contributed by atoms with Crippen molar-refractivity contribution >= 4 is 0 Å². The summed E-state index contributed by atoms with van der Waals surface area (Å²) in [6, 6.07) is 6.19. The summed E-state index contributed by atoms with van der Waals surface area (Å²) in [5.74, 6) is 1.63. The summed E-state index contributed by atoms with van der Waals surface area (Å²) < 4.78 is 11.1. The van der Waals surface area contributed by atoms with Crippen LogP contribution in [-0.4, -0.2) is 68.0 Å². The lowest BCUT2D eigenvalue weighted by Crippen LogP contribution is -2.46. The van der Waals surface area contributed by atoms with Gasteiger partial charge in [0.05, 0.1) is 20.3 Å². The molecule has 0 amide bonds. The Morgan fingerprint density at radius 1 is 1.09 bits per heavy atom. The van der Waals surface area contributed by atoms with Gasteiger partial charge in [-0.3, -0.25) is 9.80 Å². The van der Waals surface area contributed by atoms with Crippen molar-refractivity contribution in [3.63, 3.8) is 0 Å². The number of hydrogen-bond donors (Lipinski definition) is 1. The van der Waals surface area contributed by atoms with Gasteiger partial charge in [0.15, 0.2) is 11.5 Å². The molecule has 1 aliphatic rings. The van der Waals surface area contributed by atoms with Crippen LogP contribution in [0, 0.1) is 0 Å². The maximum atomic E-state index is 8.99. The standard InChI is InChI=1S/C17H28N2O3/c1-3-12-22-17-13-15(4-5-16(17)21-2)14-19-8-6-18(7-9-19)10-11-20/h4-5,13,20H,3,6-12,14H2,1-2H3. The summed E-state index contributed by atoms with van der Waals surface area (Å²) in [5.41, 5.74) is 1.25. The van der Waals surface area contributed by atoms with E-state index in [1.807, 2.05) is 6.07 Å². The number of β-amino-alcohol motifs (C(OH)–C–C–N with tert-alkyl or cyclic N) is 1. The van der Waals surface area contributed by atoms with Crippen molar-refractivity contribution in [3.8, 4) is 11.5 Å². The molecule has 1 heterocycles. The highest BCUT2D eigenvalue weighted by Gasteiger charge is 2.17. The Morgan fingerprint density at radius 3 is 2.45 bits per heavy atom. The molecule has 0 saturated carbocycles. The van der Waals surface area contributed by atoms with Crippen molar-refractivity contribution in [3.05, 3.63) is 23.8 Å². The van der Waals surface area contributed by atoms with Gasteiger partial charge < -0.3 is 14.6 Å². The molecule has 1 saturated heterocycles. The number of rotatable bonds is 8. The van der Waals surface area contributed by atoms with Gasteiger partial charge in [-0.25, -0.2) is 0 Å². The van der Waals surface area contributed by atoms with Gasteiger partial charge in [-0.2, -0.15) is 0 Å². The van der Waals surface area contributed by atoms with Crippen molar-refractivity contribution in [2.24, 2.45) is 0 Å². The maximum absolute atomic E-state index is 8.99. The molecule has 0 aliphatic carbocycles. The van der Waals surface area contributed by atoms with E-state index < -0.39 is 0 Å². The minimum atomic E-state index is 0.247. The first-order chi connectivity index (χ1) is 10.8. The van der Waals surface area contributed by atoms with Gasteiger partial charge in [0.1, 0.15) is 0 Å². The molecule has 5 heteroatoms. The van der Waals surface area contributed by atoms with Gasteiger partial charge >= 0.3 is 0 Å². The summed E-state index contributed by atoms with van der Waals surface area (Å²) in [5, 5.41) is 8.99. The largest absolute Gasteiger partial charge is 0.493 e. The maximum Gasteiger partial charge on any atom is 0.161 e. The fourth-order valence-electron chi connectivity index (χ4n) is 2.71. The Hall–Kier alpha value is -1.30. The van der Waals surface area contributed by atoms with Gasteiger partial charge in [0.2, 0.25) is 0 Å². The fraction of sp³-hybridized carbons (Fsp3) is 0.647. The van der Waals surface area contributed by atoms with Gasteiger partial charge in [0, 0.05) is 39.3 Å². The van der Waals surface area contributed by atoms with E-state index in [0.29, 0.717) is 6.61 Å². The van der Waals surface area contributed by atoms with Gasteiger partial charge in [0.25, 0.3) is 0 Å². The first kappa shape index (κ1) is 17.1. The Balaban J connectivity index is 1.92. The number of hydrogen-bond acceptors (Lipinski definition) is 5. The molecule has 2 rings (SSSR count). The second-order valence-corrected chi connectivity index (χ2v) is 5.68. The van der Waals surface area contributed by atoms with Gasteiger partial charge in [-0.1, -0.05) is 13.0 Å². The summed E-state index contributed by atoms with van der Waals surface area (Å²) in [7, 11) is 1.67. The second-order valence-electron chi connectivity index (χ2n) is 5.68. The zero-order valence-corrected chi connectivity index (χ0v) is 13.8. The highest BCUT2D eigenvalue weighted by atomic mass is 16.5. The van der Waals surface area contributed by atoms with Gasteiger partial charge in [-0.05, 0) is 24.1 Å². The first-order valence-electron chi connectivity index (χ1n) is 8.12. The molecule has 1 aromatic carbocycles. The summed E-state index contributed by atoms with van der Waals surface area (Å²) in [6.45, 7) is 8.89. The smallest absolute Gasteiger partial charge is 0.161 e. The molecule has 0 spiro atoms. The number of benzene rings is 1. The topological polar surface area (TPSA) is 45.2 Å². The molecule has 0 aromatic heterocycles. The number of nitrogens with zero attached hydrogens (tertiary/aromatic N) is 2. The van der Waals surface area contributed by atoms with Crippen LogP contribution in [0.3, 0.4) is 0 Å². The van der Waals surface area contributed by atoms with Crippen LogP contribution >= 0.6 is 0 Å². The van der Waals surface area contributed by atoms with E-state index in [4.69, 9.17) is 14.6 Å². The predicted molar refractivity (Wildman–Crippen MR) is 87.6 cm³/mol. The van der Waals surface area contributed by atoms with E-state index in [2.05, 4.69) is 28.9 Å². The Morgan fingerprint density at radius 2 is 1.82 bits per heavy atom. The van der Waals surface area contributed by atoms with E-state index in [1.54, 1.807) is 7.11 Å². The summed E-state index contributed by atoms with van der Waals surface area (Å²) in [6.07, 6.45) is 0.986. The van der Waals surface area contributed by atoms with E-state index >= 15 is 0 Å². The number of aliphatic hydroxyl groups is 1. The molecule has 1 aromatic rings. The Kier molecular flexibility index (Phi) is 6.96. The predicted octanol–water partition coefficient (Wildman–Crippen LogP) is 1.59. The molecule has 5 nitrogen and oxygen atoms in total. The number of piperazine rings is 1. The molecule has 0 bridgehead atoms. The normalized spacial score (nSPS) is 16.7. The number of ether oxygens (including phenoxy) is 2. The molecular formula is C17H28N2O3. The lowest BCUT2D eigenvalue weighted by atomic mass is 10.1. The lowest BCUT2D eigenvalue weighted by Gasteiger charge is -2.34. The van der Waals surface area contributed by atoms with E-state index in [-0.39, 0.29) is 6.61 Å². The second kappa shape index (κ2) is 8.98. The zero-order valence-electron chi connectivity index (χ0n) is 13.8. The van der Waals surface area contributed by atoms with Crippen molar-refractivity contribution < 1.29 is 14.6 Å². The SMILES string of the molecule is CCCOc1cc(CN2CCN(CCO)CC2)ccc1OC. The average molecular weight is 308 g/mol. The van der Waals surface area contributed by atoms with Crippen molar-refractivity contribution in [2.75, 3.05) is 53.0 Å². The van der Waals surface area contributed by atoms with Crippen LogP contribution in [0.25, 0.3) is 0 Å². The lowest BCUT2D eigenvalue weighted by molar-refractivity contribution is 0.108. The van der Waals surface area contributed by atoms with Crippen LogP contribution in [-0.2, 0) is 6.54 Å². The Labute approximate surface area is 133 Å². The average Bonchev–Trinajstić information content (AvgIpc) is 2.55. The third-order valence-electron chi connectivity index (χ3n) is 3.98. The number of aliphatic hydroxyl groups excluding tert-OH is 1. The minimum absolute atomic E-state index is 0.247. The van der Waals surface area contributed by atoms with Crippen LogP contribution in [0.15, 0.2) is 18.2 Å². The molecule has 1 N–H and O–H groups in total. The summed E-state index contributed by atoms with van der Waals surface area (Å²) >= 11 is 0. The van der Waals surface area contributed by atoms with Crippen molar-refractivity contribution in [2.45, 2.75) is 19.9 Å². The van der Waals surface area contributed by atoms with Gasteiger partial charge in [-0.15, -0.1) is 0 Å². The minimum Gasteiger partial charge on any atom is -0.493 e. The third-order valence-corrected chi connectivity index (χ3v) is 3.98. The zero-order chi connectivity index (χ0) is 15.8. The van der Waals surface area contributed by atoms with Crippen LogP contribution in [0.2, 0.25) is 0 Å². The third kappa shape index (κ3) is 4.87. The quantitative estimate of drug-likeness (QED) is 0.790. The van der Waals surface area contributed by atoms with E-state index in [0.717, 1.165) is 57.2 Å². The van der Waals surface area contributed by atoms with Crippen LogP contribution < -0.4 is 9.47 Å². The fourth-order valence-corrected chi connectivity index (χ4v) is 2.71. The van der Waals surface area contributed by atoms with Crippen LogP contribution in [0.4, 0.5) is 0 Å². The molecular weight excluding hydrogens is 280 g/mol. The molecule has 0 unspecified atom stereocenters. The molecule has 0 radical (unpaired) electrons.